The highest BCUT2D eigenvalue weighted by Gasteiger charge is 2.21. The summed E-state index contributed by atoms with van der Waals surface area (Å²) in [5, 5.41) is 2.95. The van der Waals surface area contributed by atoms with Gasteiger partial charge in [0.05, 0.1) is 0 Å². The third-order valence-electron chi connectivity index (χ3n) is 5.27. The SMILES string of the molecule is Cc1cc(-c2ccc3c(c2Cc2ccc(F)cc2)CCC(=O)N3)cn(C)c1=O. The van der Waals surface area contributed by atoms with Gasteiger partial charge >= 0.3 is 0 Å². The van der Waals surface area contributed by atoms with Crippen LogP contribution in [-0.4, -0.2) is 10.5 Å². The van der Waals surface area contributed by atoms with E-state index in [0.717, 1.165) is 33.5 Å². The largest absolute Gasteiger partial charge is 0.326 e. The Morgan fingerprint density at radius 1 is 1.07 bits per heavy atom. The maximum Gasteiger partial charge on any atom is 0.253 e. The van der Waals surface area contributed by atoms with Crippen LogP contribution < -0.4 is 10.9 Å². The molecule has 0 fully saturated rings. The van der Waals surface area contributed by atoms with E-state index >= 15 is 0 Å². The summed E-state index contributed by atoms with van der Waals surface area (Å²) >= 11 is 0. The van der Waals surface area contributed by atoms with Crippen molar-refractivity contribution in [3.8, 4) is 11.1 Å². The minimum absolute atomic E-state index is 0.0194. The van der Waals surface area contributed by atoms with Gasteiger partial charge in [0.2, 0.25) is 5.91 Å². The summed E-state index contributed by atoms with van der Waals surface area (Å²) in [6, 6.07) is 12.3. The Morgan fingerprint density at radius 2 is 1.82 bits per heavy atom. The van der Waals surface area contributed by atoms with Crippen LogP contribution in [-0.2, 0) is 24.7 Å². The molecule has 3 aromatic rings. The van der Waals surface area contributed by atoms with Gasteiger partial charge in [-0.05, 0) is 71.8 Å². The average molecular weight is 376 g/mol. The lowest BCUT2D eigenvalue weighted by atomic mass is 9.87. The Balaban J connectivity index is 1.89. The van der Waals surface area contributed by atoms with Crippen molar-refractivity contribution < 1.29 is 9.18 Å². The number of halogens is 1. The minimum Gasteiger partial charge on any atom is -0.326 e. The van der Waals surface area contributed by atoms with E-state index in [9.17, 15) is 14.0 Å². The smallest absolute Gasteiger partial charge is 0.253 e. The van der Waals surface area contributed by atoms with E-state index in [-0.39, 0.29) is 17.3 Å². The molecule has 4 nitrogen and oxygen atoms in total. The average Bonchev–Trinajstić information content (AvgIpc) is 2.67. The molecular weight excluding hydrogens is 355 g/mol. The van der Waals surface area contributed by atoms with Gasteiger partial charge in [-0.2, -0.15) is 0 Å². The highest BCUT2D eigenvalue weighted by Crippen LogP contribution is 2.35. The van der Waals surface area contributed by atoms with E-state index < -0.39 is 0 Å². The van der Waals surface area contributed by atoms with E-state index in [1.807, 2.05) is 31.3 Å². The van der Waals surface area contributed by atoms with E-state index in [0.29, 0.717) is 24.8 Å². The number of carbonyl (C=O) groups is 1. The van der Waals surface area contributed by atoms with Crippen LogP contribution in [0.3, 0.4) is 0 Å². The number of amides is 1. The Labute approximate surface area is 162 Å². The predicted molar refractivity (Wildman–Crippen MR) is 108 cm³/mol. The molecule has 4 rings (SSSR count). The number of hydrogen-bond acceptors (Lipinski definition) is 2. The number of aromatic nitrogens is 1. The van der Waals surface area contributed by atoms with Crippen LogP contribution in [0.15, 0.2) is 53.5 Å². The first-order valence-corrected chi connectivity index (χ1v) is 9.29. The maximum absolute atomic E-state index is 13.3. The van der Waals surface area contributed by atoms with Crippen molar-refractivity contribution in [2.75, 3.05) is 5.32 Å². The highest BCUT2D eigenvalue weighted by molar-refractivity contribution is 5.95. The number of carbonyl (C=O) groups excluding carboxylic acids is 1. The second-order valence-electron chi connectivity index (χ2n) is 7.30. The van der Waals surface area contributed by atoms with Crippen molar-refractivity contribution >= 4 is 11.6 Å². The van der Waals surface area contributed by atoms with Gasteiger partial charge in [-0.1, -0.05) is 18.2 Å². The fourth-order valence-corrected chi connectivity index (χ4v) is 3.85. The van der Waals surface area contributed by atoms with Crippen molar-refractivity contribution in [1.82, 2.24) is 4.57 Å². The van der Waals surface area contributed by atoms with Crippen LogP contribution in [0.2, 0.25) is 0 Å². The standard InChI is InChI=1S/C23H21FN2O2/c1-14-11-16(13-26(2)23(14)28)18-7-9-21-19(8-10-22(27)25-21)20(18)12-15-3-5-17(24)6-4-15/h3-7,9,11,13H,8,10,12H2,1-2H3,(H,25,27). The molecule has 0 bridgehead atoms. The number of pyridine rings is 1. The lowest BCUT2D eigenvalue weighted by Gasteiger charge is -2.23. The summed E-state index contributed by atoms with van der Waals surface area (Å²) in [6.45, 7) is 1.81. The Hall–Kier alpha value is -3.21. The molecule has 1 aliphatic heterocycles. The van der Waals surface area contributed by atoms with E-state index in [1.54, 1.807) is 23.7 Å². The summed E-state index contributed by atoms with van der Waals surface area (Å²) in [5.74, 6) is -0.244. The molecule has 5 heteroatoms. The van der Waals surface area contributed by atoms with Crippen LogP contribution in [0.4, 0.5) is 10.1 Å². The third-order valence-corrected chi connectivity index (χ3v) is 5.27. The summed E-state index contributed by atoms with van der Waals surface area (Å²) < 4.78 is 14.9. The topological polar surface area (TPSA) is 51.1 Å². The van der Waals surface area contributed by atoms with Gasteiger partial charge in [0, 0.05) is 30.9 Å². The van der Waals surface area contributed by atoms with E-state index in [1.165, 1.54) is 12.1 Å². The monoisotopic (exact) mass is 376 g/mol. The highest BCUT2D eigenvalue weighted by atomic mass is 19.1. The van der Waals surface area contributed by atoms with Crippen LogP contribution in [0, 0.1) is 12.7 Å². The molecule has 0 aliphatic carbocycles. The van der Waals surface area contributed by atoms with Crippen LogP contribution in [0.25, 0.3) is 11.1 Å². The van der Waals surface area contributed by atoms with Crippen molar-refractivity contribution in [2.45, 2.75) is 26.2 Å². The number of nitrogens with one attached hydrogen (secondary N) is 1. The molecule has 28 heavy (non-hydrogen) atoms. The Morgan fingerprint density at radius 3 is 2.54 bits per heavy atom. The maximum atomic E-state index is 13.3. The molecule has 0 saturated carbocycles. The lowest BCUT2D eigenvalue weighted by Crippen LogP contribution is -2.21. The fraction of sp³-hybridized carbons (Fsp3) is 0.217. The third kappa shape index (κ3) is 3.36. The van der Waals surface area contributed by atoms with E-state index in [4.69, 9.17) is 0 Å². The zero-order valence-corrected chi connectivity index (χ0v) is 15.9. The molecule has 0 unspecified atom stereocenters. The van der Waals surface area contributed by atoms with Gasteiger partial charge in [0.25, 0.3) is 5.56 Å². The summed E-state index contributed by atoms with van der Waals surface area (Å²) in [6.07, 6.45) is 3.57. The molecule has 142 valence electrons. The molecular formula is C23H21FN2O2. The number of hydrogen-bond donors (Lipinski definition) is 1. The zero-order valence-electron chi connectivity index (χ0n) is 15.9. The van der Waals surface area contributed by atoms with Crippen LogP contribution in [0.1, 0.15) is 28.7 Å². The molecule has 1 N–H and O–H groups in total. The van der Waals surface area contributed by atoms with Gasteiger partial charge in [-0.25, -0.2) is 4.39 Å². The normalized spacial score (nSPS) is 13.2. The zero-order chi connectivity index (χ0) is 19.8. The van der Waals surface area contributed by atoms with E-state index in [2.05, 4.69) is 5.32 Å². The lowest BCUT2D eigenvalue weighted by molar-refractivity contribution is -0.116. The van der Waals surface area contributed by atoms with Crippen molar-refractivity contribution in [3.05, 3.63) is 87.1 Å². The number of nitrogens with zero attached hydrogens (tertiary/aromatic N) is 1. The number of anilines is 1. The molecule has 0 atom stereocenters. The van der Waals surface area contributed by atoms with Gasteiger partial charge in [0.15, 0.2) is 0 Å². The molecule has 0 radical (unpaired) electrons. The summed E-state index contributed by atoms with van der Waals surface area (Å²) in [7, 11) is 1.75. The number of benzene rings is 2. The molecule has 1 amide bonds. The van der Waals surface area contributed by atoms with Gasteiger partial charge in [-0.15, -0.1) is 0 Å². The Bertz CT molecular complexity index is 1100. The Kier molecular flexibility index (Phi) is 4.59. The molecule has 0 saturated heterocycles. The molecule has 0 spiro atoms. The quantitative estimate of drug-likeness (QED) is 0.752. The van der Waals surface area contributed by atoms with Crippen LogP contribution in [0.5, 0.6) is 0 Å². The van der Waals surface area contributed by atoms with Gasteiger partial charge in [0.1, 0.15) is 5.82 Å². The first-order valence-electron chi connectivity index (χ1n) is 9.29. The molecule has 2 heterocycles. The first-order chi connectivity index (χ1) is 13.4. The van der Waals surface area contributed by atoms with Gasteiger partial charge < -0.3 is 9.88 Å². The predicted octanol–water partition coefficient (Wildman–Crippen LogP) is 3.98. The molecule has 2 aromatic carbocycles. The second-order valence-corrected chi connectivity index (χ2v) is 7.30. The first kappa shape index (κ1) is 18.2. The second kappa shape index (κ2) is 7.08. The summed E-state index contributed by atoms with van der Waals surface area (Å²) in [5.41, 5.74) is 6.67. The summed E-state index contributed by atoms with van der Waals surface area (Å²) in [4.78, 5) is 23.9. The molecule has 1 aliphatic rings. The number of fused-ring (bicyclic) bond motifs is 1. The number of rotatable bonds is 3. The molecule has 1 aromatic heterocycles. The number of aryl methyl sites for hydroxylation is 2. The van der Waals surface area contributed by atoms with Crippen molar-refractivity contribution in [3.63, 3.8) is 0 Å². The minimum atomic E-state index is -0.264. The van der Waals surface area contributed by atoms with Crippen molar-refractivity contribution in [2.24, 2.45) is 7.05 Å². The van der Waals surface area contributed by atoms with Crippen LogP contribution >= 0.6 is 0 Å². The van der Waals surface area contributed by atoms with Crippen molar-refractivity contribution in [1.29, 1.82) is 0 Å². The fourth-order valence-electron chi connectivity index (χ4n) is 3.85. The van der Waals surface area contributed by atoms with Gasteiger partial charge in [-0.3, -0.25) is 9.59 Å².